The van der Waals surface area contributed by atoms with Crippen LogP contribution >= 0.6 is 0 Å². The van der Waals surface area contributed by atoms with Crippen LogP contribution in [0.5, 0.6) is 0 Å². The van der Waals surface area contributed by atoms with Gasteiger partial charge in [0.25, 0.3) is 0 Å². The number of carboxylic acid groups (broad SMARTS) is 1. The van der Waals surface area contributed by atoms with Gasteiger partial charge in [-0.3, -0.25) is 0 Å². The van der Waals surface area contributed by atoms with Crippen LogP contribution in [0.25, 0.3) is 0 Å². The summed E-state index contributed by atoms with van der Waals surface area (Å²) in [6.45, 7) is 2.58. The van der Waals surface area contributed by atoms with Crippen LogP contribution in [0.4, 0.5) is 0 Å². The molecular weight excluding hydrogens is 120 g/mol. The number of aliphatic carboxylic acids is 1. The fourth-order valence-corrected chi connectivity index (χ4v) is 0.265. The van der Waals surface area contributed by atoms with Crippen LogP contribution in [0.15, 0.2) is 0 Å². The molecule has 0 aliphatic carbocycles. The van der Waals surface area contributed by atoms with Crippen molar-refractivity contribution in [3.05, 3.63) is 0 Å². The molecule has 0 rings (SSSR count). The monoisotopic (exact) mass is 128 g/mol. The third-order valence-electron chi connectivity index (χ3n) is 0.574. The lowest BCUT2D eigenvalue weighted by atomic mass is 10.6. The molecule has 50 valence electrons. The average Bonchev–Trinajstić information content (AvgIpc) is 1.80. The highest BCUT2D eigenvalue weighted by molar-refractivity contribution is 5.86. The van der Waals surface area contributed by atoms with Gasteiger partial charge in [-0.05, 0) is 6.92 Å². The van der Waals surface area contributed by atoms with Gasteiger partial charge in [0, 0.05) is 12.5 Å². The fourth-order valence-electron chi connectivity index (χ4n) is 0.265. The van der Waals surface area contributed by atoms with E-state index in [2.05, 4.69) is 5.92 Å². The van der Waals surface area contributed by atoms with Crippen molar-refractivity contribution in [3.63, 3.8) is 0 Å². The van der Waals surface area contributed by atoms with E-state index < -0.39 is 5.97 Å². The molecule has 0 aliphatic heterocycles. The first kappa shape index (κ1) is 7.99. The standard InChI is InChI=1S/C6H8O3/c1-2-9-5-3-4-6(7)8/h2,5H2,1H3,(H,7,8). The summed E-state index contributed by atoms with van der Waals surface area (Å²) in [5.74, 6) is 3.12. The Morgan fingerprint density at radius 1 is 1.78 bits per heavy atom. The quantitative estimate of drug-likeness (QED) is 0.424. The largest absolute Gasteiger partial charge is 0.472 e. The van der Waals surface area contributed by atoms with Crippen molar-refractivity contribution in [2.24, 2.45) is 0 Å². The minimum Gasteiger partial charge on any atom is -0.472 e. The van der Waals surface area contributed by atoms with Crippen LogP contribution in [0.1, 0.15) is 6.92 Å². The SMILES string of the molecule is CCOCC#CC(=O)O. The first-order chi connectivity index (χ1) is 4.27. The molecule has 0 saturated carbocycles. The Hall–Kier alpha value is -1.01. The topological polar surface area (TPSA) is 46.5 Å². The maximum atomic E-state index is 9.73. The highest BCUT2D eigenvalue weighted by atomic mass is 16.5. The number of carboxylic acids is 1. The maximum Gasteiger partial charge on any atom is 0.381 e. The predicted molar refractivity (Wildman–Crippen MR) is 31.9 cm³/mol. The Kier molecular flexibility index (Phi) is 4.56. The molecule has 0 aromatic heterocycles. The van der Waals surface area contributed by atoms with Gasteiger partial charge in [-0.1, -0.05) is 5.92 Å². The Morgan fingerprint density at radius 2 is 2.44 bits per heavy atom. The first-order valence-electron chi connectivity index (χ1n) is 2.57. The molecule has 0 fully saturated rings. The van der Waals surface area contributed by atoms with Gasteiger partial charge in [-0.15, -0.1) is 0 Å². The van der Waals surface area contributed by atoms with Gasteiger partial charge in [-0.25, -0.2) is 4.79 Å². The number of hydrogen-bond acceptors (Lipinski definition) is 2. The molecule has 0 aromatic carbocycles. The molecule has 0 spiro atoms. The molecule has 9 heavy (non-hydrogen) atoms. The molecule has 0 atom stereocenters. The molecule has 0 aliphatic rings. The lowest BCUT2D eigenvalue weighted by Crippen LogP contribution is -1.92. The van der Waals surface area contributed by atoms with E-state index >= 15 is 0 Å². The lowest BCUT2D eigenvalue weighted by molar-refractivity contribution is -0.130. The highest BCUT2D eigenvalue weighted by Crippen LogP contribution is 1.68. The van der Waals surface area contributed by atoms with Crippen molar-refractivity contribution in [2.75, 3.05) is 13.2 Å². The molecule has 0 saturated heterocycles. The molecule has 0 heterocycles. The zero-order valence-corrected chi connectivity index (χ0v) is 5.18. The van der Waals surface area contributed by atoms with Crippen LogP contribution in [-0.2, 0) is 9.53 Å². The van der Waals surface area contributed by atoms with Gasteiger partial charge in [0.1, 0.15) is 6.61 Å². The predicted octanol–water partition coefficient (Wildman–Crippen LogP) is 0.111. The second kappa shape index (κ2) is 5.13. The molecule has 0 radical (unpaired) electrons. The summed E-state index contributed by atoms with van der Waals surface area (Å²) in [7, 11) is 0. The van der Waals surface area contributed by atoms with E-state index in [1.807, 2.05) is 12.8 Å². The Labute approximate surface area is 53.6 Å². The Balaban J connectivity index is 3.27. The maximum absolute atomic E-state index is 9.73. The van der Waals surface area contributed by atoms with Crippen molar-refractivity contribution in [3.8, 4) is 11.8 Å². The fraction of sp³-hybridized carbons (Fsp3) is 0.500. The summed E-state index contributed by atoms with van der Waals surface area (Å²) < 4.78 is 4.75. The van der Waals surface area contributed by atoms with Gasteiger partial charge >= 0.3 is 5.97 Å². The average molecular weight is 128 g/mol. The lowest BCUT2D eigenvalue weighted by Gasteiger charge is -1.87. The second-order valence-electron chi connectivity index (χ2n) is 1.24. The zero-order chi connectivity index (χ0) is 7.11. The molecule has 3 heteroatoms. The summed E-state index contributed by atoms with van der Waals surface area (Å²) in [6, 6.07) is 0. The third-order valence-corrected chi connectivity index (χ3v) is 0.574. The van der Waals surface area contributed by atoms with Gasteiger partial charge in [0.05, 0.1) is 0 Å². The molecule has 0 amide bonds. The Morgan fingerprint density at radius 3 is 2.89 bits per heavy atom. The van der Waals surface area contributed by atoms with Gasteiger partial charge in [0.2, 0.25) is 0 Å². The summed E-state index contributed by atoms with van der Waals surface area (Å²) >= 11 is 0. The number of carbonyl (C=O) groups is 1. The van der Waals surface area contributed by atoms with Crippen molar-refractivity contribution in [1.82, 2.24) is 0 Å². The van der Waals surface area contributed by atoms with Gasteiger partial charge < -0.3 is 9.84 Å². The second-order valence-corrected chi connectivity index (χ2v) is 1.24. The van der Waals surface area contributed by atoms with Crippen LogP contribution in [-0.4, -0.2) is 24.3 Å². The van der Waals surface area contributed by atoms with E-state index in [9.17, 15) is 4.79 Å². The van der Waals surface area contributed by atoms with E-state index in [0.717, 1.165) is 0 Å². The van der Waals surface area contributed by atoms with Crippen LogP contribution < -0.4 is 0 Å². The summed E-state index contributed by atoms with van der Waals surface area (Å²) in [5, 5.41) is 7.98. The molecule has 1 N–H and O–H groups in total. The van der Waals surface area contributed by atoms with Crippen LogP contribution in [0.3, 0.4) is 0 Å². The van der Waals surface area contributed by atoms with Crippen molar-refractivity contribution in [1.29, 1.82) is 0 Å². The minimum absolute atomic E-state index is 0.197. The molecule has 0 aromatic rings. The van der Waals surface area contributed by atoms with E-state index in [0.29, 0.717) is 6.61 Å². The van der Waals surface area contributed by atoms with Crippen molar-refractivity contribution in [2.45, 2.75) is 6.92 Å². The zero-order valence-electron chi connectivity index (χ0n) is 5.18. The van der Waals surface area contributed by atoms with Gasteiger partial charge in [0.15, 0.2) is 0 Å². The number of rotatable bonds is 2. The van der Waals surface area contributed by atoms with Crippen LogP contribution in [0, 0.1) is 11.8 Å². The third kappa shape index (κ3) is 6.99. The van der Waals surface area contributed by atoms with Crippen molar-refractivity contribution < 1.29 is 14.6 Å². The van der Waals surface area contributed by atoms with E-state index in [4.69, 9.17) is 9.84 Å². The van der Waals surface area contributed by atoms with E-state index in [1.54, 1.807) is 0 Å². The van der Waals surface area contributed by atoms with Gasteiger partial charge in [-0.2, -0.15) is 0 Å². The van der Waals surface area contributed by atoms with E-state index in [-0.39, 0.29) is 6.61 Å². The molecular formula is C6H8O3. The first-order valence-corrected chi connectivity index (χ1v) is 2.57. The number of ether oxygens (including phenoxy) is 1. The number of hydrogen-bond donors (Lipinski definition) is 1. The highest BCUT2D eigenvalue weighted by Gasteiger charge is 1.80. The molecule has 3 nitrogen and oxygen atoms in total. The summed E-state index contributed by atoms with van der Waals surface area (Å²) in [6.07, 6.45) is 0. The smallest absolute Gasteiger partial charge is 0.381 e. The Bertz CT molecular complexity index is 140. The minimum atomic E-state index is -1.12. The van der Waals surface area contributed by atoms with Crippen molar-refractivity contribution >= 4 is 5.97 Å². The molecule has 0 bridgehead atoms. The normalized spacial score (nSPS) is 7.67. The summed E-state index contributed by atoms with van der Waals surface area (Å²) in [4.78, 5) is 9.73. The van der Waals surface area contributed by atoms with E-state index in [1.165, 1.54) is 0 Å². The van der Waals surface area contributed by atoms with Crippen LogP contribution in [0.2, 0.25) is 0 Å². The summed E-state index contributed by atoms with van der Waals surface area (Å²) in [5.41, 5.74) is 0. The molecule has 0 unspecified atom stereocenters.